The Morgan fingerprint density at radius 3 is 2.53 bits per heavy atom. The van der Waals surface area contributed by atoms with Crippen LogP contribution in [0, 0.1) is 5.41 Å². The Morgan fingerprint density at radius 2 is 2.13 bits per heavy atom. The Kier molecular flexibility index (Phi) is 3.34. The van der Waals surface area contributed by atoms with Crippen LogP contribution in [-0.2, 0) is 9.59 Å². The Hall–Kier alpha value is -1.10. The van der Waals surface area contributed by atoms with Crippen LogP contribution in [0.3, 0.4) is 0 Å². The topological polar surface area (TPSA) is 69.6 Å². The molecule has 1 rings (SSSR count). The number of carboxylic acid groups (broad SMARTS) is 1. The third-order valence-electron chi connectivity index (χ3n) is 3.19. The smallest absolute Gasteiger partial charge is 0.310 e. The highest BCUT2D eigenvalue weighted by Gasteiger charge is 2.42. The first-order valence-corrected chi connectivity index (χ1v) is 5.10. The lowest BCUT2D eigenvalue weighted by Gasteiger charge is -2.24. The van der Waals surface area contributed by atoms with E-state index in [0.717, 1.165) is 0 Å². The highest BCUT2D eigenvalue weighted by atomic mass is 16.4. The molecule has 1 saturated heterocycles. The van der Waals surface area contributed by atoms with Crippen LogP contribution >= 0.6 is 0 Å². The van der Waals surface area contributed by atoms with Gasteiger partial charge in [0.2, 0.25) is 5.91 Å². The Morgan fingerprint density at radius 1 is 1.53 bits per heavy atom. The van der Waals surface area contributed by atoms with Gasteiger partial charge in [-0.3, -0.25) is 14.5 Å². The van der Waals surface area contributed by atoms with Gasteiger partial charge < -0.3 is 10.4 Å². The molecule has 0 aliphatic carbocycles. The van der Waals surface area contributed by atoms with Crippen molar-refractivity contribution < 1.29 is 14.7 Å². The van der Waals surface area contributed by atoms with Gasteiger partial charge >= 0.3 is 5.97 Å². The van der Waals surface area contributed by atoms with Crippen molar-refractivity contribution in [2.45, 2.75) is 26.3 Å². The summed E-state index contributed by atoms with van der Waals surface area (Å²) in [4.78, 5) is 24.3. The van der Waals surface area contributed by atoms with Crippen molar-refractivity contribution in [3.05, 3.63) is 0 Å². The van der Waals surface area contributed by atoms with Gasteiger partial charge in [0.05, 0.1) is 11.5 Å². The van der Waals surface area contributed by atoms with E-state index in [4.69, 9.17) is 5.11 Å². The molecule has 0 aromatic rings. The molecule has 1 heterocycles. The molecule has 2 atom stereocenters. The quantitative estimate of drug-likeness (QED) is 0.689. The molecule has 0 aromatic heterocycles. The number of likely N-dealkylation sites (N-methyl/N-ethyl adjacent to an activating group) is 1. The molecule has 15 heavy (non-hydrogen) atoms. The number of nitrogens with zero attached hydrogens (tertiary/aromatic N) is 1. The van der Waals surface area contributed by atoms with Gasteiger partial charge in [-0.05, 0) is 20.3 Å². The van der Waals surface area contributed by atoms with Crippen molar-refractivity contribution in [1.29, 1.82) is 0 Å². The van der Waals surface area contributed by atoms with Crippen LogP contribution in [0.1, 0.15) is 20.3 Å². The number of hydrogen-bond donors (Lipinski definition) is 2. The fourth-order valence-corrected chi connectivity index (χ4v) is 1.88. The number of likely N-dealkylation sites (tertiary alicyclic amines) is 1. The number of carboxylic acids is 1. The normalized spacial score (nSPS) is 28.7. The predicted octanol–water partition coefficient (Wildman–Crippen LogP) is -0.0825. The van der Waals surface area contributed by atoms with E-state index in [1.165, 1.54) is 0 Å². The highest BCUT2D eigenvalue weighted by molar-refractivity contribution is 5.81. The average Bonchev–Trinajstić information content (AvgIpc) is 2.60. The number of amides is 1. The number of rotatable bonds is 3. The molecule has 0 spiro atoms. The summed E-state index contributed by atoms with van der Waals surface area (Å²) in [7, 11) is 1.59. The predicted molar refractivity (Wildman–Crippen MR) is 55.5 cm³/mol. The van der Waals surface area contributed by atoms with Crippen molar-refractivity contribution in [3.63, 3.8) is 0 Å². The van der Waals surface area contributed by atoms with Gasteiger partial charge in [-0.25, -0.2) is 0 Å². The van der Waals surface area contributed by atoms with Crippen LogP contribution in [0.2, 0.25) is 0 Å². The van der Waals surface area contributed by atoms with Gasteiger partial charge in [-0.15, -0.1) is 0 Å². The zero-order valence-corrected chi connectivity index (χ0v) is 9.41. The zero-order chi connectivity index (χ0) is 11.6. The summed E-state index contributed by atoms with van der Waals surface area (Å²) in [6.45, 7) is 4.63. The minimum absolute atomic E-state index is 0.0651. The molecule has 0 bridgehead atoms. The summed E-state index contributed by atoms with van der Waals surface area (Å²) in [5.41, 5.74) is -0.706. The van der Waals surface area contributed by atoms with Crippen LogP contribution in [0.4, 0.5) is 0 Å². The van der Waals surface area contributed by atoms with E-state index in [1.807, 2.05) is 4.90 Å². The third-order valence-corrected chi connectivity index (χ3v) is 3.19. The van der Waals surface area contributed by atoms with Crippen LogP contribution < -0.4 is 5.32 Å². The van der Waals surface area contributed by atoms with Gasteiger partial charge in [0.1, 0.15) is 0 Å². The largest absolute Gasteiger partial charge is 0.481 e. The van der Waals surface area contributed by atoms with Crippen LogP contribution in [0.5, 0.6) is 0 Å². The molecule has 1 amide bonds. The van der Waals surface area contributed by atoms with Gasteiger partial charge in [-0.2, -0.15) is 0 Å². The molecule has 0 saturated carbocycles. The Labute approximate surface area is 89.4 Å². The van der Waals surface area contributed by atoms with Crippen molar-refractivity contribution in [2.75, 3.05) is 20.1 Å². The fourth-order valence-electron chi connectivity index (χ4n) is 1.88. The van der Waals surface area contributed by atoms with E-state index < -0.39 is 11.4 Å². The van der Waals surface area contributed by atoms with E-state index >= 15 is 0 Å². The molecule has 0 aromatic carbocycles. The lowest BCUT2D eigenvalue weighted by molar-refractivity contribution is -0.147. The van der Waals surface area contributed by atoms with E-state index in [2.05, 4.69) is 5.32 Å². The first-order valence-electron chi connectivity index (χ1n) is 5.10. The van der Waals surface area contributed by atoms with Gasteiger partial charge in [0, 0.05) is 20.1 Å². The van der Waals surface area contributed by atoms with Gasteiger partial charge in [-0.1, -0.05) is 0 Å². The molecule has 1 aliphatic heterocycles. The molecular formula is C10H18N2O3. The monoisotopic (exact) mass is 214 g/mol. The number of nitrogens with one attached hydrogen (secondary N) is 1. The number of carbonyl (C=O) groups excluding carboxylic acids is 1. The molecule has 1 aliphatic rings. The molecule has 2 unspecified atom stereocenters. The second-order valence-electron chi connectivity index (χ2n) is 4.38. The average molecular weight is 214 g/mol. The standard InChI is InChI=1S/C10H18N2O3/c1-7(8(13)11-3)12-5-4-10(2,6-12)9(14)15/h7H,4-6H2,1-3H3,(H,11,13)(H,14,15). The van der Waals surface area contributed by atoms with E-state index in [1.54, 1.807) is 20.9 Å². The van der Waals surface area contributed by atoms with Gasteiger partial charge in [0.15, 0.2) is 0 Å². The number of hydrogen-bond acceptors (Lipinski definition) is 3. The molecule has 1 fully saturated rings. The third kappa shape index (κ3) is 2.28. The van der Waals surface area contributed by atoms with E-state index in [-0.39, 0.29) is 11.9 Å². The van der Waals surface area contributed by atoms with Crippen LogP contribution in [-0.4, -0.2) is 48.1 Å². The van der Waals surface area contributed by atoms with E-state index in [9.17, 15) is 9.59 Å². The minimum Gasteiger partial charge on any atom is -0.481 e. The SMILES string of the molecule is CNC(=O)C(C)N1CCC(C)(C(=O)O)C1. The summed E-state index contributed by atoms with van der Waals surface area (Å²) in [6.07, 6.45) is 0.601. The van der Waals surface area contributed by atoms with Crippen LogP contribution in [0.25, 0.3) is 0 Å². The Balaban J connectivity index is 2.64. The number of carbonyl (C=O) groups is 2. The molecular weight excluding hydrogens is 196 g/mol. The summed E-state index contributed by atoms with van der Waals surface area (Å²) in [5.74, 6) is -0.848. The second kappa shape index (κ2) is 4.18. The van der Waals surface area contributed by atoms with Crippen molar-refractivity contribution >= 4 is 11.9 Å². The van der Waals surface area contributed by atoms with Crippen molar-refractivity contribution in [1.82, 2.24) is 10.2 Å². The summed E-state index contributed by atoms with van der Waals surface area (Å²) >= 11 is 0. The second-order valence-corrected chi connectivity index (χ2v) is 4.38. The summed E-state index contributed by atoms with van der Waals surface area (Å²) in [5, 5.41) is 11.6. The highest BCUT2D eigenvalue weighted by Crippen LogP contribution is 2.31. The first kappa shape index (κ1) is 12.0. The fraction of sp³-hybridized carbons (Fsp3) is 0.800. The molecule has 5 nitrogen and oxygen atoms in total. The lowest BCUT2D eigenvalue weighted by Crippen LogP contribution is -2.44. The van der Waals surface area contributed by atoms with Crippen LogP contribution in [0.15, 0.2) is 0 Å². The zero-order valence-electron chi connectivity index (χ0n) is 9.41. The maximum Gasteiger partial charge on any atom is 0.310 e. The number of aliphatic carboxylic acids is 1. The molecule has 86 valence electrons. The Bertz CT molecular complexity index is 280. The van der Waals surface area contributed by atoms with Crippen molar-refractivity contribution in [3.8, 4) is 0 Å². The van der Waals surface area contributed by atoms with E-state index in [0.29, 0.717) is 19.5 Å². The van der Waals surface area contributed by atoms with Crippen molar-refractivity contribution in [2.24, 2.45) is 5.41 Å². The minimum atomic E-state index is -0.783. The molecule has 5 heteroatoms. The molecule has 0 radical (unpaired) electrons. The summed E-state index contributed by atoms with van der Waals surface area (Å²) in [6, 6.07) is -0.254. The first-order chi connectivity index (χ1) is 6.90. The maximum atomic E-state index is 11.4. The maximum absolute atomic E-state index is 11.4. The van der Waals surface area contributed by atoms with Gasteiger partial charge in [0.25, 0.3) is 0 Å². The summed E-state index contributed by atoms with van der Waals surface area (Å²) < 4.78 is 0. The lowest BCUT2D eigenvalue weighted by atomic mass is 9.90. The molecule has 2 N–H and O–H groups in total.